The monoisotopic (exact) mass is 254 g/mol. The van der Waals surface area contributed by atoms with Crippen molar-refractivity contribution in [2.24, 2.45) is 11.8 Å². The van der Waals surface area contributed by atoms with Gasteiger partial charge in [-0.1, -0.05) is 20.8 Å². The maximum Gasteiger partial charge on any atom is 0.220 e. The van der Waals surface area contributed by atoms with E-state index in [1.807, 2.05) is 0 Å². The first-order chi connectivity index (χ1) is 8.50. The smallest absolute Gasteiger partial charge is 0.220 e. The highest BCUT2D eigenvalue weighted by molar-refractivity contribution is 5.77. The second kappa shape index (κ2) is 7.13. The molecule has 0 aliphatic carbocycles. The fourth-order valence-corrected chi connectivity index (χ4v) is 2.64. The summed E-state index contributed by atoms with van der Waals surface area (Å²) in [5.74, 6) is 1.37. The Morgan fingerprint density at radius 1 is 1.44 bits per heavy atom. The van der Waals surface area contributed by atoms with Gasteiger partial charge in [0.05, 0.1) is 0 Å². The fourth-order valence-electron chi connectivity index (χ4n) is 2.64. The van der Waals surface area contributed by atoms with Crippen molar-refractivity contribution in [2.45, 2.75) is 65.3 Å². The molecular formula is C15H30N2O. The van der Waals surface area contributed by atoms with Gasteiger partial charge in [0.1, 0.15) is 0 Å². The molecule has 0 saturated carbocycles. The molecule has 3 heteroatoms. The van der Waals surface area contributed by atoms with Crippen molar-refractivity contribution in [3.63, 3.8) is 0 Å². The van der Waals surface area contributed by atoms with E-state index in [1.54, 1.807) is 0 Å². The number of piperidine rings is 1. The molecule has 0 radical (unpaired) electrons. The van der Waals surface area contributed by atoms with Gasteiger partial charge in [-0.2, -0.15) is 0 Å². The van der Waals surface area contributed by atoms with E-state index < -0.39 is 0 Å². The molecule has 1 saturated heterocycles. The van der Waals surface area contributed by atoms with Crippen LogP contribution in [-0.4, -0.2) is 24.5 Å². The molecule has 1 fully saturated rings. The first-order valence-electron chi connectivity index (χ1n) is 7.52. The molecule has 0 aromatic heterocycles. The number of carbonyl (C=O) groups is 1. The van der Waals surface area contributed by atoms with E-state index >= 15 is 0 Å². The van der Waals surface area contributed by atoms with Crippen molar-refractivity contribution in [2.75, 3.05) is 13.1 Å². The molecule has 18 heavy (non-hydrogen) atoms. The SMILES string of the molecule is CCC(C)(CC)NC(=O)CC(C)C1CCCNC1. The Balaban J connectivity index is 2.39. The number of carbonyl (C=O) groups excluding carboxylic acids is 1. The summed E-state index contributed by atoms with van der Waals surface area (Å²) < 4.78 is 0. The van der Waals surface area contributed by atoms with Crippen LogP contribution in [0.3, 0.4) is 0 Å². The Hall–Kier alpha value is -0.570. The minimum absolute atomic E-state index is 0.0262. The molecule has 1 amide bonds. The van der Waals surface area contributed by atoms with E-state index in [1.165, 1.54) is 12.8 Å². The molecule has 3 nitrogen and oxygen atoms in total. The van der Waals surface area contributed by atoms with Crippen LogP contribution in [0.1, 0.15) is 59.8 Å². The number of hydrogen-bond donors (Lipinski definition) is 2. The Morgan fingerprint density at radius 2 is 2.11 bits per heavy atom. The van der Waals surface area contributed by atoms with Crippen LogP contribution >= 0.6 is 0 Å². The van der Waals surface area contributed by atoms with Gasteiger partial charge < -0.3 is 10.6 Å². The third-order valence-electron chi connectivity index (χ3n) is 4.65. The van der Waals surface area contributed by atoms with Crippen LogP contribution in [0.2, 0.25) is 0 Å². The molecule has 1 heterocycles. The lowest BCUT2D eigenvalue weighted by Gasteiger charge is -2.31. The van der Waals surface area contributed by atoms with Gasteiger partial charge in [-0.05, 0) is 57.5 Å². The summed E-state index contributed by atoms with van der Waals surface area (Å²) in [6, 6.07) is 0. The highest BCUT2D eigenvalue weighted by Gasteiger charge is 2.26. The third-order valence-corrected chi connectivity index (χ3v) is 4.65. The Morgan fingerprint density at radius 3 is 2.61 bits per heavy atom. The van der Waals surface area contributed by atoms with Gasteiger partial charge in [-0.3, -0.25) is 4.79 Å². The highest BCUT2D eigenvalue weighted by Crippen LogP contribution is 2.23. The maximum absolute atomic E-state index is 12.1. The molecule has 0 spiro atoms. The molecule has 0 bridgehead atoms. The van der Waals surface area contributed by atoms with E-state index in [0.717, 1.165) is 25.9 Å². The quantitative estimate of drug-likeness (QED) is 0.765. The van der Waals surface area contributed by atoms with E-state index in [2.05, 4.69) is 38.3 Å². The maximum atomic E-state index is 12.1. The predicted molar refractivity (Wildman–Crippen MR) is 76.5 cm³/mol. The summed E-state index contributed by atoms with van der Waals surface area (Å²) in [4.78, 5) is 12.1. The van der Waals surface area contributed by atoms with Crippen LogP contribution in [0.5, 0.6) is 0 Å². The van der Waals surface area contributed by atoms with Crippen molar-refractivity contribution in [3.05, 3.63) is 0 Å². The zero-order valence-electron chi connectivity index (χ0n) is 12.5. The topological polar surface area (TPSA) is 41.1 Å². The largest absolute Gasteiger partial charge is 0.351 e. The average molecular weight is 254 g/mol. The number of nitrogens with one attached hydrogen (secondary N) is 2. The Labute approximate surface area is 112 Å². The summed E-state index contributed by atoms with van der Waals surface area (Å²) in [6.45, 7) is 10.8. The zero-order chi connectivity index (χ0) is 13.6. The molecule has 0 aromatic carbocycles. The van der Waals surface area contributed by atoms with Crippen LogP contribution in [0.25, 0.3) is 0 Å². The lowest BCUT2D eigenvalue weighted by Crippen LogP contribution is -2.46. The Kier molecular flexibility index (Phi) is 6.13. The average Bonchev–Trinajstić information content (AvgIpc) is 2.39. The molecule has 106 valence electrons. The van der Waals surface area contributed by atoms with Gasteiger partial charge in [0.25, 0.3) is 0 Å². The van der Waals surface area contributed by atoms with Gasteiger partial charge in [-0.15, -0.1) is 0 Å². The summed E-state index contributed by atoms with van der Waals surface area (Å²) in [5.41, 5.74) is -0.0262. The van der Waals surface area contributed by atoms with Crippen molar-refractivity contribution >= 4 is 5.91 Å². The molecule has 2 N–H and O–H groups in total. The van der Waals surface area contributed by atoms with E-state index in [0.29, 0.717) is 18.3 Å². The van der Waals surface area contributed by atoms with Crippen LogP contribution in [0.4, 0.5) is 0 Å². The standard InChI is InChI=1S/C15H30N2O/c1-5-15(4,6-2)17-14(18)10-12(3)13-8-7-9-16-11-13/h12-13,16H,5-11H2,1-4H3,(H,17,18). The minimum Gasteiger partial charge on any atom is -0.351 e. The molecular weight excluding hydrogens is 224 g/mol. The summed E-state index contributed by atoms with van der Waals surface area (Å²) in [6.07, 6.45) is 5.17. The number of rotatable bonds is 6. The molecule has 2 unspecified atom stereocenters. The zero-order valence-corrected chi connectivity index (χ0v) is 12.5. The van der Waals surface area contributed by atoms with Crippen LogP contribution in [0.15, 0.2) is 0 Å². The first kappa shape index (κ1) is 15.5. The van der Waals surface area contributed by atoms with Crippen LogP contribution < -0.4 is 10.6 Å². The summed E-state index contributed by atoms with van der Waals surface area (Å²) >= 11 is 0. The third kappa shape index (κ3) is 4.60. The van der Waals surface area contributed by atoms with Gasteiger partial charge in [-0.25, -0.2) is 0 Å². The predicted octanol–water partition coefficient (Wildman–Crippen LogP) is 2.71. The highest BCUT2D eigenvalue weighted by atomic mass is 16.1. The van der Waals surface area contributed by atoms with Gasteiger partial charge in [0.15, 0.2) is 0 Å². The normalized spacial score (nSPS) is 22.6. The number of amides is 1. The van der Waals surface area contributed by atoms with Crippen molar-refractivity contribution in [1.82, 2.24) is 10.6 Å². The lowest BCUT2D eigenvalue weighted by atomic mass is 9.85. The van der Waals surface area contributed by atoms with Crippen LogP contribution in [0, 0.1) is 11.8 Å². The molecule has 1 rings (SSSR count). The van der Waals surface area contributed by atoms with E-state index in [9.17, 15) is 4.79 Å². The van der Waals surface area contributed by atoms with Gasteiger partial charge in [0.2, 0.25) is 5.91 Å². The summed E-state index contributed by atoms with van der Waals surface area (Å²) in [7, 11) is 0. The second-order valence-corrected chi connectivity index (χ2v) is 6.10. The van der Waals surface area contributed by atoms with Crippen molar-refractivity contribution in [3.8, 4) is 0 Å². The van der Waals surface area contributed by atoms with Gasteiger partial charge >= 0.3 is 0 Å². The van der Waals surface area contributed by atoms with Crippen molar-refractivity contribution < 1.29 is 4.79 Å². The van der Waals surface area contributed by atoms with Gasteiger partial charge in [0, 0.05) is 12.0 Å². The summed E-state index contributed by atoms with van der Waals surface area (Å²) in [5, 5.41) is 6.63. The molecule has 0 aromatic rings. The number of hydrogen-bond acceptors (Lipinski definition) is 2. The minimum atomic E-state index is -0.0262. The molecule has 1 aliphatic heterocycles. The first-order valence-corrected chi connectivity index (χ1v) is 7.52. The fraction of sp³-hybridized carbons (Fsp3) is 0.933. The second-order valence-electron chi connectivity index (χ2n) is 6.10. The van der Waals surface area contributed by atoms with Crippen molar-refractivity contribution in [1.29, 1.82) is 0 Å². The molecule has 2 atom stereocenters. The van der Waals surface area contributed by atoms with E-state index in [4.69, 9.17) is 0 Å². The lowest BCUT2D eigenvalue weighted by molar-refractivity contribution is -0.124. The van der Waals surface area contributed by atoms with E-state index in [-0.39, 0.29) is 11.4 Å². The molecule has 1 aliphatic rings. The Bertz CT molecular complexity index is 255. The van der Waals surface area contributed by atoms with Crippen LogP contribution in [-0.2, 0) is 4.79 Å².